The van der Waals surface area contributed by atoms with E-state index < -0.39 is 23.1 Å². The summed E-state index contributed by atoms with van der Waals surface area (Å²) in [6.45, 7) is 1.58. The van der Waals surface area contributed by atoms with E-state index in [9.17, 15) is 13.6 Å². The second kappa shape index (κ2) is 5.75. The average Bonchev–Trinajstić information content (AvgIpc) is 3.18. The molecule has 1 fully saturated rings. The highest BCUT2D eigenvalue weighted by Crippen LogP contribution is 2.24. The van der Waals surface area contributed by atoms with E-state index in [2.05, 4.69) is 5.32 Å². The molecular weight excluding hydrogens is 268 g/mol. The number of benzene rings is 1. The van der Waals surface area contributed by atoms with Crippen molar-refractivity contribution in [1.29, 1.82) is 0 Å². The Morgan fingerprint density at radius 3 is 2.45 bits per heavy atom. The second-order valence-electron chi connectivity index (χ2n) is 5.14. The topological polar surface area (TPSA) is 47.6 Å². The van der Waals surface area contributed by atoms with Crippen LogP contribution < -0.4 is 10.1 Å². The molecule has 0 saturated heterocycles. The number of halogens is 2. The van der Waals surface area contributed by atoms with Gasteiger partial charge >= 0.3 is 5.97 Å². The SMILES string of the molecule is COC(=O)C(C)(COc1cc(F)cc(F)c1)NC1CC1. The van der Waals surface area contributed by atoms with Crippen LogP contribution in [0.3, 0.4) is 0 Å². The minimum atomic E-state index is -1.04. The van der Waals surface area contributed by atoms with Gasteiger partial charge in [-0.1, -0.05) is 0 Å². The fraction of sp³-hybridized carbons (Fsp3) is 0.500. The third kappa shape index (κ3) is 3.66. The van der Waals surface area contributed by atoms with Gasteiger partial charge in [0.2, 0.25) is 0 Å². The lowest BCUT2D eigenvalue weighted by molar-refractivity contribution is -0.149. The molecule has 1 aliphatic rings. The lowest BCUT2D eigenvalue weighted by Crippen LogP contribution is -2.55. The van der Waals surface area contributed by atoms with Crippen LogP contribution in [-0.2, 0) is 9.53 Å². The molecule has 6 heteroatoms. The molecule has 1 unspecified atom stereocenters. The Hall–Kier alpha value is -1.69. The van der Waals surface area contributed by atoms with Gasteiger partial charge < -0.3 is 9.47 Å². The summed E-state index contributed by atoms with van der Waals surface area (Å²) in [6.07, 6.45) is 1.97. The fourth-order valence-electron chi connectivity index (χ4n) is 1.90. The van der Waals surface area contributed by atoms with E-state index in [0.717, 1.165) is 31.0 Å². The van der Waals surface area contributed by atoms with Crippen LogP contribution in [0, 0.1) is 11.6 Å². The smallest absolute Gasteiger partial charge is 0.329 e. The van der Waals surface area contributed by atoms with Gasteiger partial charge in [-0.15, -0.1) is 0 Å². The molecule has 0 radical (unpaired) electrons. The standard InChI is InChI=1S/C14H17F2NO3/c1-14(13(18)19-2,17-11-3-4-11)8-20-12-6-9(15)5-10(16)7-12/h5-7,11,17H,3-4,8H2,1-2H3. The van der Waals surface area contributed by atoms with Crippen molar-refractivity contribution in [2.75, 3.05) is 13.7 Å². The highest BCUT2D eigenvalue weighted by atomic mass is 19.1. The normalized spacial score (nSPS) is 17.4. The Kier molecular flexibility index (Phi) is 4.23. The molecule has 0 bridgehead atoms. The molecule has 1 saturated carbocycles. The largest absolute Gasteiger partial charge is 0.491 e. The maximum Gasteiger partial charge on any atom is 0.329 e. The Bertz CT molecular complexity index is 485. The number of ether oxygens (including phenoxy) is 2. The highest BCUT2D eigenvalue weighted by Gasteiger charge is 2.40. The minimum Gasteiger partial charge on any atom is -0.491 e. The summed E-state index contributed by atoms with van der Waals surface area (Å²) in [6, 6.07) is 3.15. The van der Waals surface area contributed by atoms with Crippen LogP contribution in [0.1, 0.15) is 19.8 Å². The van der Waals surface area contributed by atoms with Gasteiger partial charge in [-0.05, 0) is 19.8 Å². The van der Waals surface area contributed by atoms with Gasteiger partial charge in [0.15, 0.2) is 0 Å². The number of hydrogen-bond donors (Lipinski definition) is 1. The van der Waals surface area contributed by atoms with E-state index in [1.54, 1.807) is 6.92 Å². The van der Waals surface area contributed by atoms with E-state index in [1.165, 1.54) is 7.11 Å². The molecule has 1 N–H and O–H groups in total. The first-order valence-corrected chi connectivity index (χ1v) is 6.38. The molecule has 1 atom stereocenters. The van der Waals surface area contributed by atoms with Crippen molar-refractivity contribution in [2.45, 2.75) is 31.3 Å². The molecule has 20 heavy (non-hydrogen) atoms. The maximum absolute atomic E-state index is 13.1. The van der Waals surface area contributed by atoms with Crippen LogP contribution in [0.4, 0.5) is 8.78 Å². The molecule has 0 amide bonds. The molecule has 0 aliphatic heterocycles. The van der Waals surface area contributed by atoms with Gasteiger partial charge in [0.25, 0.3) is 0 Å². The van der Waals surface area contributed by atoms with E-state index >= 15 is 0 Å². The number of carbonyl (C=O) groups is 1. The molecule has 0 heterocycles. The molecule has 0 spiro atoms. The minimum absolute atomic E-state index is 0.0372. The van der Waals surface area contributed by atoms with Crippen molar-refractivity contribution in [3.8, 4) is 5.75 Å². The summed E-state index contributed by atoms with van der Waals surface area (Å²) in [7, 11) is 1.29. The van der Waals surface area contributed by atoms with Crippen LogP contribution >= 0.6 is 0 Å². The van der Waals surface area contributed by atoms with Gasteiger partial charge in [-0.25, -0.2) is 13.6 Å². The number of methoxy groups -OCH3 is 1. The third-order valence-electron chi connectivity index (χ3n) is 3.10. The quantitative estimate of drug-likeness (QED) is 0.812. The first-order valence-electron chi connectivity index (χ1n) is 6.38. The zero-order valence-electron chi connectivity index (χ0n) is 11.4. The number of rotatable bonds is 6. The van der Waals surface area contributed by atoms with Crippen molar-refractivity contribution in [3.63, 3.8) is 0 Å². The van der Waals surface area contributed by atoms with Crippen molar-refractivity contribution < 1.29 is 23.0 Å². The van der Waals surface area contributed by atoms with Crippen LogP contribution in [-0.4, -0.2) is 31.3 Å². The van der Waals surface area contributed by atoms with Gasteiger partial charge in [-0.2, -0.15) is 0 Å². The predicted octanol–water partition coefficient (Wildman–Crippen LogP) is 2.03. The predicted molar refractivity (Wildman–Crippen MR) is 68.4 cm³/mol. The summed E-state index contributed by atoms with van der Waals surface area (Å²) in [4.78, 5) is 11.8. The molecule has 1 aromatic rings. The molecule has 4 nitrogen and oxygen atoms in total. The first-order chi connectivity index (χ1) is 9.43. The van der Waals surface area contributed by atoms with Crippen molar-refractivity contribution in [2.24, 2.45) is 0 Å². The van der Waals surface area contributed by atoms with Crippen molar-refractivity contribution in [3.05, 3.63) is 29.8 Å². The maximum atomic E-state index is 13.1. The number of hydrogen-bond acceptors (Lipinski definition) is 4. The summed E-state index contributed by atoms with van der Waals surface area (Å²) in [5.74, 6) is -1.89. The molecular formula is C14H17F2NO3. The molecule has 0 aromatic heterocycles. The Labute approximate surface area is 116 Å². The number of carbonyl (C=O) groups excluding carboxylic acids is 1. The van der Waals surface area contributed by atoms with Gasteiger partial charge in [0.05, 0.1) is 7.11 Å². The molecule has 110 valence electrons. The van der Waals surface area contributed by atoms with Crippen LogP contribution in [0.5, 0.6) is 5.75 Å². The van der Waals surface area contributed by atoms with Gasteiger partial charge in [0, 0.05) is 24.2 Å². The summed E-state index contributed by atoms with van der Waals surface area (Å²) in [5.41, 5.74) is -1.04. The Morgan fingerprint density at radius 2 is 1.95 bits per heavy atom. The Balaban J connectivity index is 2.05. The monoisotopic (exact) mass is 285 g/mol. The summed E-state index contributed by atoms with van der Waals surface area (Å²) in [5, 5.41) is 3.13. The fourth-order valence-corrected chi connectivity index (χ4v) is 1.90. The summed E-state index contributed by atoms with van der Waals surface area (Å²) >= 11 is 0. The zero-order chi connectivity index (χ0) is 14.8. The van der Waals surface area contributed by atoms with E-state index in [-0.39, 0.29) is 18.4 Å². The highest BCUT2D eigenvalue weighted by molar-refractivity contribution is 5.80. The lowest BCUT2D eigenvalue weighted by Gasteiger charge is -2.28. The lowest BCUT2D eigenvalue weighted by atomic mass is 10.0. The van der Waals surface area contributed by atoms with Crippen LogP contribution in [0.15, 0.2) is 18.2 Å². The van der Waals surface area contributed by atoms with Crippen LogP contribution in [0.2, 0.25) is 0 Å². The zero-order valence-corrected chi connectivity index (χ0v) is 11.4. The molecule has 1 aliphatic carbocycles. The summed E-state index contributed by atoms with van der Waals surface area (Å²) < 4.78 is 36.2. The van der Waals surface area contributed by atoms with Gasteiger partial charge in [0.1, 0.15) is 29.5 Å². The Morgan fingerprint density at radius 1 is 1.35 bits per heavy atom. The van der Waals surface area contributed by atoms with Crippen LogP contribution in [0.25, 0.3) is 0 Å². The molecule has 2 rings (SSSR count). The first kappa shape index (κ1) is 14.7. The number of nitrogens with one attached hydrogen (secondary N) is 1. The average molecular weight is 285 g/mol. The van der Waals surface area contributed by atoms with Crippen molar-refractivity contribution >= 4 is 5.97 Å². The second-order valence-corrected chi connectivity index (χ2v) is 5.14. The van der Waals surface area contributed by atoms with Gasteiger partial charge in [-0.3, -0.25) is 5.32 Å². The van der Waals surface area contributed by atoms with E-state index in [1.807, 2.05) is 0 Å². The van der Waals surface area contributed by atoms with E-state index in [0.29, 0.717) is 0 Å². The van der Waals surface area contributed by atoms with E-state index in [4.69, 9.17) is 9.47 Å². The van der Waals surface area contributed by atoms with Crippen molar-refractivity contribution in [1.82, 2.24) is 5.32 Å². The third-order valence-corrected chi connectivity index (χ3v) is 3.10. The molecule has 1 aromatic carbocycles. The number of esters is 1.